The van der Waals surface area contributed by atoms with E-state index in [1.54, 1.807) is 31.3 Å². The Bertz CT molecular complexity index is 598. The molecule has 0 saturated carbocycles. The summed E-state index contributed by atoms with van der Waals surface area (Å²) in [5.41, 5.74) is 2.41. The number of nitrogens with zero attached hydrogens (tertiary/aromatic N) is 1. The summed E-state index contributed by atoms with van der Waals surface area (Å²) >= 11 is 0. The van der Waals surface area contributed by atoms with Crippen LogP contribution in [0.25, 0.3) is 0 Å². The van der Waals surface area contributed by atoms with Crippen LogP contribution in [0.2, 0.25) is 0 Å². The van der Waals surface area contributed by atoms with Gasteiger partial charge in [0.1, 0.15) is 11.5 Å². The lowest BCUT2D eigenvalue weighted by Crippen LogP contribution is -2.01. The third kappa shape index (κ3) is 3.26. The summed E-state index contributed by atoms with van der Waals surface area (Å²) in [7, 11) is 0. The molecule has 1 aromatic heterocycles. The van der Waals surface area contributed by atoms with E-state index in [2.05, 4.69) is 4.98 Å². The van der Waals surface area contributed by atoms with Crippen LogP contribution in [-0.2, 0) is 24.6 Å². The topological polar surface area (TPSA) is 82.8 Å². The van der Waals surface area contributed by atoms with Crippen LogP contribution in [0.1, 0.15) is 22.4 Å². The van der Waals surface area contributed by atoms with E-state index in [9.17, 15) is 15.3 Å². The van der Waals surface area contributed by atoms with Crippen molar-refractivity contribution in [3.63, 3.8) is 0 Å². The molecule has 0 amide bonds. The first-order chi connectivity index (χ1) is 9.61. The number of ether oxygens (including phenoxy) is 1. The number of aromatic nitrogens is 1. The van der Waals surface area contributed by atoms with Gasteiger partial charge in [0.15, 0.2) is 0 Å². The minimum atomic E-state index is -0.264. The van der Waals surface area contributed by atoms with Gasteiger partial charge >= 0.3 is 0 Å². The van der Waals surface area contributed by atoms with Gasteiger partial charge in [0, 0.05) is 17.3 Å². The number of aliphatic hydroxyl groups is 1. The number of aliphatic hydroxyl groups excluding tert-OH is 1. The van der Waals surface area contributed by atoms with E-state index in [0.717, 1.165) is 5.56 Å². The van der Waals surface area contributed by atoms with Crippen LogP contribution in [0.5, 0.6) is 11.5 Å². The molecule has 0 unspecified atom stereocenters. The Balaban J connectivity index is 2.03. The Hall–Kier alpha value is -2.11. The smallest absolute Gasteiger partial charge is 0.142 e. The van der Waals surface area contributed by atoms with Gasteiger partial charge in [-0.15, -0.1) is 0 Å². The van der Waals surface area contributed by atoms with E-state index in [0.29, 0.717) is 23.4 Å². The van der Waals surface area contributed by atoms with Crippen molar-refractivity contribution < 1.29 is 20.1 Å². The van der Waals surface area contributed by atoms with Gasteiger partial charge in [0.25, 0.3) is 0 Å². The number of rotatable bonds is 5. The molecule has 0 saturated heterocycles. The van der Waals surface area contributed by atoms with Crippen molar-refractivity contribution in [1.29, 1.82) is 0 Å². The standard InChI is InChI=1S/C15H17NO4/c1-10-15(19)14(7-17)12(6-16-10)9-20-8-11-3-2-4-13(18)5-11/h2-6,17-19H,7-9H2,1H3. The van der Waals surface area contributed by atoms with Crippen LogP contribution < -0.4 is 0 Å². The molecule has 2 rings (SSSR count). The Kier molecular flexibility index (Phi) is 4.55. The van der Waals surface area contributed by atoms with Crippen molar-refractivity contribution in [1.82, 2.24) is 4.98 Å². The summed E-state index contributed by atoms with van der Waals surface area (Å²) in [6.45, 7) is 1.96. The second-order valence-corrected chi connectivity index (χ2v) is 4.52. The van der Waals surface area contributed by atoms with Crippen LogP contribution in [0.4, 0.5) is 0 Å². The number of pyridine rings is 1. The van der Waals surface area contributed by atoms with Gasteiger partial charge in [0.2, 0.25) is 0 Å². The van der Waals surface area contributed by atoms with Gasteiger partial charge in [-0.05, 0) is 24.6 Å². The van der Waals surface area contributed by atoms with Crippen molar-refractivity contribution >= 4 is 0 Å². The molecule has 0 bridgehead atoms. The van der Waals surface area contributed by atoms with Crippen molar-refractivity contribution in [3.8, 4) is 11.5 Å². The van der Waals surface area contributed by atoms with E-state index in [1.165, 1.54) is 0 Å². The average molecular weight is 275 g/mol. The molecular weight excluding hydrogens is 258 g/mol. The molecule has 5 nitrogen and oxygen atoms in total. The Morgan fingerprint density at radius 1 is 1.20 bits per heavy atom. The Morgan fingerprint density at radius 2 is 2.00 bits per heavy atom. The first-order valence-corrected chi connectivity index (χ1v) is 6.24. The van der Waals surface area contributed by atoms with Gasteiger partial charge in [-0.25, -0.2) is 0 Å². The largest absolute Gasteiger partial charge is 0.508 e. The number of aryl methyl sites for hydroxylation is 1. The number of phenolic OH excluding ortho intramolecular Hbond substituents is 1. The molecule has 0 aliphatic heterocycles. The summed E-state index contributed by atoms with van der Waals surface area (Å²) in [5, 5.41) is 28.5. The minimum Gasteiger partial charge on any atom is -0.508 e. The van der Waals surface area contributed by atoms with E-state index in [-0.39, 0.29) is 24.7 Å². The lowest BCUT2D eigenvalue weighted by atomic mass is 10.1. The molecule has 20 heavy (non-hydrogen) atoms. The third-order valence-corrected chi connectivity index (χ3v) is 3.03. The molecule has 0 radical (unpaired) electrons. The maximum Gasteiger partial charge on any atom is 0.142 e. The maximum absolute atomic E-state index is 9.82. The number of aromatic hydroxyl groups is 2. The predicted molar refractivity (Wildman–Crippen MR) is 73.2 cm³/mol. The first-order valence-electron chi connectivity index (χ1n) is 6.24. The molecular formula is C15H17NO4. The molecule has 0 aliphatic carbocycles. The molecule has 1 aromatic carbocycles. The minimum absolute atomic E-state index is 0.00551. The molecule has 3 N–H and O–H groups in total. The summed E-state index contributed by atoms with van der Waals surface area (Å²) in [6.07, 6.45) is 1.59. The van der Waals surface area contributed by atoms with E-state index in [4.69, 9.17) is 4.74 Å². The van der Waals surface area contributed by atoms with E-state index >= 15 is 0 Å². The fraction of sp³-hybridized carbons (Fsp3) is 0.267. The number of benzene rings is 1. The monoisotopic (exact) mass is 275 g/mol. The van der Waals surface area contributed by atoms with Crippen molar-refractivity contribution in [2.75, 3.05) is 0 Å². The Morgan fingerprint density at radius 3 is 2.70 bits per heavy atom. The number of hydrogen-bond donors (Lipinski definition) is 3. The highest BCUT2D eigenvalue weighted by atomic mass is 16.5. The van der Waals surface area contributed by atoms with Gasteiger partial charge in [0.05, 0.1) is 25.5 Å². The summed E-state index contributed by atoms with van der Waals surface area (Å²) in [6, 6.07) is 6.80. The molecule has 0 atom stereocenters. The van der Waals surface area contributed by atoms with Crippen LogP contribution in [0, 0.1) is 6.92 Å². The lowest BCUT2D eigenvalue weighted by Gasteiger charge is -2.11. The quantitative estimate of drug-likeness (QED) is 0.777. The van der Waals surface area contributed by atoms with Gasteiger partial charge in [-0.2, -0.15) is 0 Å². The SMILES string of the molecule is Cc1ncc(COCc2cccc(O)c2)c(CO)c1O. The number of hydrogen-bond acceptors (Lipinski definition) is 5. The summed E-state index contributed by atoms with van der Waals surface area (Å²) in [4.78, 5) is 4.05. The van der Waals surface area contributed by atoms with Crippen LogP contribution >= 0.6 is 0 Å². The van der Waals surface area contributed by atoms with E-state index in [1.807, 2.05) is 6.07 Å². The van der Waals surface area contributed by atoms with Crippen LogP contribution in [-0.4, -0.2) is 20.3 Å². The first kappa shape index (κ1) is 14.3. The molecule has 2 aromatic rings. The highest BCUT2D eigenvalue weighted by Crippen LogP contribution is 2.24. The van der Waals surface area contributed by atoms with E-state index < -0.39 is 0 Å². The lowest BCUT2D eigenvalue weighted by molar-refractivity contribution is 0.105. The predicted octanol–water partition coefficient (Wildman–Crippen LogP) is 2.01. The Labute approximate surface area is 117 Å². The highest BCUT2D eigenvalue weighted by Gasteiger charge is 2.11. The molecule has 0 aliphatic rings. The fourth-order valence-electron chi connectivity index (χ4n) is 1.91. The molecule has 1 heterocycles. The summed E-state index contributed by atoms with van der Waals surface area (Å²) in [5.74, 6) is 0.197. The molecule has 106 valence electrons. The highest BCUT2D eigenvalue weighted by molar-refractivity contribution is 5.40. The third-order valence-electron chi connectivity index (χ3n) is 3.03. The van der Waals surface area contributed by atoms with Crippen molar-refractivity contribution in [3.05, 3.63) is 52.8 Å². The average Bonchev–Trinajstić information content (AvgIpc) is 2.43. The zero-order chi connectivity index (χ0) is 14.5. The second kappa shape index (κ2) is 6.36. The zero-order valence-electron chi connectivity index (χ0n) is 11.2. The van der Waals surface area contributed by atoms with Gasteiger partial charge in [-0.3, -0.25) is 4.98 Å². The van der Waals surface area contributed by atoms with Crippen LogP contribution in [0.15, 0.2) is 30.5 Å². The van der Waals surface area contributed by atoms with Gasteiger partial charge < -0.3 is 20.1 Å². The molecule has 0 spiro atoms. The fourth-order valence-corrected chi connectivity index (χ4v) is 1.91. The molecule has 5 heteroatoms. The number of phenols is 1. The van der Waals surface area contributed by atoms with Crippen molar-refractivity contribution in [2.24, 2.45) is 0 Å². The second-order valence-electron chi connectivity index (χ2n) is 4.52. The van der Waals surface area contributed by atoms with Gasteiger partial charge in [-0.1, -0.05) is 12.1 Å². The molecule has 0 fully saturated rings. The summed E-state index contributed by atoms with van der Waals surface area (Å²) < 4.78 is 5.52. The normalized spacial score (nSPS) is 10.7. The maximum atomic E-state index is 9.82. The zero-order valence-corrected chi connectivity index (χ0v) is 11.2. The van der Waals surface area contributed by atoms with Crippen molar-refractivity contribution in [2.45, 2.75) is 26.7 Å². The van der Waals surface area contributed by atoms with Crippen LogP contribution in [0.3, 0.4) is 0 Å².